The normalized spacial score (nSPS) is 13.2. The number of ether oxygens (including phenoxy) is 2. The van der Waals surface area contributed by atoms with Crippen molar-refractivity contribution in [3.63, 3.8) is 0 Å². The van der Waals surface area contributed by atoms with Gasteiger partial charge in [-0.1, -0.05) is 309 Å². The summed E-state index contributed by atoms with van der Waals surface area (Å²) in [6.45, 7) is 4.48. The van der Waals surface area contributed by atoms with Crippen molar-refractivity contribution in [2.45, 2.75) is 354 Å². The Morgan fingerprint density at radius 3 is 0.974 bits per heavy atom. The first-order valence-electron chi connectivity index (χ1n) is 33.4. The average Bonchev–Trinajstić information content (AvgIpc) is 3.38. The molecule has 0 rings (SSSR count). The molecule has 0 amide bonds. The molecule has 0 radical (unpaired) electrons. The van der Waals surface area contributed by atoms with Gasteiger partial charge in [0.1, 0.15) is 19.8 Å². The number of hydrogen-bond acceptors (Lipinski definition) is 7. The SMILES string of the molecule is CCCCCCCCC/C=C\CCCCCCCC(=O)OC(COC(=O)CCCCCCCCCCCCCCCCCCCCCCCCCCCCCCCCCCCCCC)COP(=O)(O)OCC[N+](C)(C)C. The lowest BCUT2D eigenvalue weighted by Crippen LogP contribution is -2.37. The minimum Gasteiger partial charge on any atom is -0.462 e. The summed E-state index contributed by atoms with van der Waals surface area (Å²) in [5, 5.41) is 0. The fraction of sp³-hybridized carbons (Fsp3) is 0.939. The van der Waals surface area contributed by atoms with Gasteiger partial charge in [0.05, 0.1) is 27.7 Å². The Hall–Kier alpha value is -1.25. The molecule has 10 heteroatoms. The Labute approximate surface area is 473 Å². The topological polar surface area (TPSA) is 108 Å². The molecule has 0 spiro atoms. The second-order valence-corrected chi connectivity index (χ2v) is 25.7. The Bertz CT molecular complexity index is 1290. The van der Waals surface area contributed by atoms with Crippen LogP contribution in [0.25, 0.3) is 0 Å². The molecule has 0 aromatic heterocycles. The summed E-state index contributed by atoms with van der Waals surface area (Å²) in [5.74, 6) is -0.787. The zero-order chi connectivity index (χ0) is 55.6. The Kier molecular flexibility index (Phi) is 57.4. The summed E-state index contributed by atoms with van der Waals surface area (Å²) in [5.41, 5.74) is 0. The zero-order valence-corrected chi connectivity index (χ0v) is 52.4. The first-order chi connectivity index (χ1) is 37.0. The number of nitrogens with zero attached hydrogens (tertiary/aromatic N) is 1. The zero-order valence-electron chi connectivity index (χ0n) is 51.5. The number of phosphoric ester groups is 1. The Morgan fingerprint density at radius 1 is 0.395 bits per heavy atom. The first kappa shape index (κ1) is 74.8. The van der Waals surface area contributed by atoms with Crippen molar-refractivity contribution in [2.75, 3.05) is 47.5 Å². The molecule has 1 N–H and O–H groups in total. The lowest BCUT2D eigenvalue weighted by atomic mass is 10.0. The molecule has 0 aromatic rings. The highest BCUT2D eigenvalue weighted by Gasteiger charge is 2.27. The number of carbonyl (C=O) groups excluding carboxylic acids is 2. The van der Waals surface area contributed by atoms with E-state index in [2.05, 4.69) is 26.0 Å². The fourth-order valence-corrected chi connectivity index (χ4v) is 10.9. The maximum absolute atomic E-state index is 12.8. The number of esters is 2. The molecule has 9 nitrogen and oxygen atoms in total. The maximum atomic E-state index is 12.8. The van der Waals surface area contributed by atoms with E-state index in [0.717, 1.165) is 51.4 Å². The molecule has 0 saturated carbocycles. The molecule has 0 aliphatic heterocycles. The minimum absolute atomic E-state index is 0.0338. The summed E-state index contributed by atoms with van der Waals surface area (Å²) in [6, 6.07) is 0. The second-order valence-electron chi connectivity index (χ2n) is 24.2. The van der Waals surface area contributed by atoms with E-state index in [1.54, 1.807) is 0 Å². The van der Waals surface area contributed by atoms with Crippen molar-refractivity contribution < 1.29 is 42.1 Å². The highest BCUT2D eigenvalue weighted by molar-refractivity contribution is 7.47. The van der Waals surface area contributed by atoms with Crippen molar-refractivity contribution in [1.82, 2.24) is 0 Å². The van der Waals surface area contributed by atoms with Crippen LogP contribution in [0.2, 0.25) is 0 Å². The molecule has 0 fully saturated rings. The van der Waals surface area contributed by atoms with Crippen LogP contribution in [0.4, 0.5) is 0 Å². The maximum Gasteiger partial charge on any atom is 0.472 e. The van der Waals surface area contributed by atoms with E-state index in [4.69, 9.17) is 18.5 Å². The molecule has 76 heavy (non-hydrogen) atoms. The van der Waals surface area contributed by atoms with E-state index in [-0.39, 0.29) is 25.6 Å². The fourth-order valence-electron chi connectivity index (χ4n) is 10.1. The van der Waals surface area contributed by atoms with Gasteiger partial charge in [0.25, 0.3) is 0 Å². The lowest BCUT2D eigenvalue weighted by Gasteiger charge is -2.24. The van der Waals surface area contributed by atoms with Gasteiger partial charge in [-0.3, -0.25) is 18.6 Å². The third-order valence-corrected chi connectivity index (χ3v) is 16.3. The van der Waals surface area contributed by atoms with Gasteiger partial charge in [-0.05, 0) is 38.5 Å². The molecular weight excluding hydrogens is 966 g/mol. The van der Waals surface area contributed by atoms with Gasteiger partial charge in [-0.25, -0.2) is 4.57 Å². The van der Waals surface area contributed by atoms with E-state index in [1.807, 2.05) is 21.1 Å². The quantitative estimate of drug-likeness (QED) is 0.0211. The molecule has 0 aromatic carbocycles. The van der Waals surface area contributed by atoms with E-state index < -0.39 is 26.5 Å². The number of quaternary nitrogens is 1. The molecule has 0 saturated heterocycles. The molecule has 452 valence electrons. The van der Waals surface area contributed by atoms with Crippen molar-refractivity contribution in [3.8, 4) is 0 Å². The molecule has 0 aliphatic carbocycles. The van der Waals surface area contributed by atoms with Gasteiger partial charge < -0.3 is 18.9 Å². The summed E-state index contributed by atoms with van der Waals surface area (Å²) >= 11 is 0. The number of hydrogen-bond donors (Lipinski definition) is 1. The highest BCUT2D eigenvalue weighted by Crippen LogP contribution is 2.43. The molecule has 0 bridgehead atoms. The van der Waals surface area contributed by atoms with E-state index in [1.165, 1.54) is 263 Å². The van der Waals surface area contributed by atoms with Crippen molar-refractivity contribution in [2.24, 2.45) is 0 Å². The lowest BCUT2D eigenvalue weighted by molar-refractivity contribution is -0.870. The minimum atomic E-state index is -4.38. The second kappa shape index (κ2) is 58.4. The van der Waals surface area contributed by atoms with Gasteiger partial charge in [-0.2, -0.15) is 0 Å². The molecule has 0 aliphatic rings. The predicted octanol–water partition coefficient (Wildman–Crippen LogP) is 21.2. The van der Waals surface area contributed by atoms with E-state index in [9.17, 15) is 19.0 Å². The van der Waals surface area contributed by atoms with Crippen LogP contribution in [0.5, 0.6) is 0 Å². The van der Waals surface area contributed by atoms with Crippen LogP contribution in [0, 0.1) is 0 Å². The van der Waals surface area contributed by atoms with Gasteiger partial charge in [0.2, 0.25) is 0 Å². The summed E-state index contributed by atoms with van der Waals surface area (Å²) in [4.78, 5) is 35.7. The van der Waals surface area contributed by atoms with Crippen LogP contribution in [0.1, 0.15) is 348 Å². The Morgan fingerprint density at radius 2 is 0.671 bits per heavy atom. The van der Waals surface area contributed by atoms with Crippen LogP contribution < -0.4 is 0 Å². The van der Waals surface area contributed by atoms with Gasteiger partial charge in [0, 0.05) is 12.8 Å². The van der Waals surface area contributed by atoms with Crippen LogP contribution in [0.3, 0.4) is 0 Å². The number of allylic oxidation sites excluding steroid dienone is 2. The first-order valence-corrected chi connectivity index (χ1v) is 34.9. The van der Waals surface area contributed by atoms with Gasteiger partial charge >= 0.3 is 19.8 Å². The number of phosphoric acid groups is 1. The van der Waals surface area contributed by atoms with Crippen LogP contribution >= 0.6 is 7.82 Å². The van der Waals surface area contributed by atoms with Crippen molar-refractivity contribution >= 4 is 19.8 Å². The third kappa shape index (κ3) is 62.0. The smallest absolute Gasteiger partial charge is 0.462 e. The molecule has 0 heterocycles. The van der Waals surface area contributed by atoms with Crippen molar-refractivity contribution in [1.29, 1.82) is 0 Å². The monoisotopic (exact) mass is 1100 g/mol. The van der Waals surface area contributed by atoms with E-state index in [0.29, 0.717) is 23.9 Å². The summed E-state index contributed by atoms with van der Waals surface area (Å²) in [7, 11) is 1.49. The Balaban J connectivity index is 3.89. The predicted molar refractivity (Wildman–Crippen MR) is 326 cm³/mol. The van der Waals surface area contributed by atoms with Gasteiger partial charge in [-0.15, -0.1) is 0 Å². The standard InChI is InChI=1S/C66H130NO8P/c1-6-8-10-12-14-16-18-20-22-24-25-26-27-28-29-30-31-32-33-34-35-36-37-38-39-40-41-42-43-45-46-48-50-52-54-56-58-65(68)72-62-64(63-74-76(70,71)73-61-60-67(3,4)5)75-66(69)59-57-55-53-51-49-47-44-23-21-19-17-15-13-11-9-7-2/h23,44,64H,6-22,24-43,45-63H2,1-5H3/p+1/b44-23-. The van der Waals surface area contributed by atoms with Crippen LogP contribution in [-0.4, -0.2) is 74.9 Å². The van der Waals surface area contributed by atoms with E-state index >= 15 is 0 Å². The molecule has 2 unspecified atom stereocenters. The number of likely N-dealkylation sites (N-methyl/N-ethyl adjacent to an activating group) is 1. The summed E-state index contributed by atoms with van der Waals surface area (Å²) in [6.07, 6.45) is 70.5. The summed E-state index contributed by atoms with van der Waals surface area (Å²) < 4.78 is 34.6. The van der Waals surface area contributed by atoms with Crippen LogP contribution in [-0.2, 0) is 32.7 Å². The third-order valence-electron chi connectivity index (χ3n) is 15.3. The molecular formula is C66H131NO8P+. The van der Waals surface area contributed by atoms with Gasteiger partial charge in [0.15, 0.2) is 6.10 Å². The number of rotatable bonds is 63. The largest absolute Gasteiger partial charge is 0.472 e. The van der Waals surface area contributed by atoms with Crippen molar-refractivity contribution in [3.05, 3.63) is 12.2 Å². The number of unbranched alkanes of at least 4 members (excludes halogenated alkanes) is 47. The molecule has 2 atom stereocenters. The van der Waals surface area contributed by atoms with Crippen LogP contribution in [0.15, 0.2) is 12.2 Å². The average molecular weight is 1100 g/mol. The number of carbonyl (C=O) groups is 2. The highest BCUT2D eigenvalue weighted by atomic mass is 31.2.